The maximum absolute atomic E-state index is 13.0. The van der Waals surface area contributed by atoms with Crippen LogP contribution >= 0.6 is 0 Å². The Balaban J connectivity index is 1.37. The van der Waals surface area contributed by atoms with E-state index in [1.54, 1.807) is 16.8 Å². The quantitative estimate of drug-likeness (QED) is 0.648. The second kappa shape index (κ2) is 6.77. The van der Waals surface area contributed by atoms with Gasteiger partial charge in [-0.2, -0.15) is 5.10 Å². The molecule has 5 heterocycles. The predicted molar refractivity (Wildman–Crippen MR) is 106 cm³/mol. The van der Waals surface area contributed by atoms with Crippen LogP contribution in [0.1, 0.15) is 34.5 Å². The number of carbonyl (C=O) groups excluding carboxylic acids is 1. The number of amides is 1. The van der Waals surface area contributed by atoms with Crippen LogP contribution in [0, 0.1) is 0 Å². The third kappa shape index (κ3) is 3.02. The van der Waals surface area contributed by atoms with Crippen LogP contribution in [-0.4, -0.2) is 69.2 Å². The van der Waals surface area contributed by atoms with Crippen molar-refractivity contribution in [3.63, 3.8) is 0 Å². The van der Waals surface area contributed by atoms with Gasteiger partial charge in [-0.1, -0.05) is 0 Å². The van der Waals surface area contributed by atoms with Crippen LogP contribution in [0.3, 0.4) is 0 Å². The zero-order valence-corrected chi connectivity index (χ0v) is 16.6. The van der Waals surface area contributed by atoms with E-state index in [1.165, 1.54) is 6.33 Å². The molecule has 0 radical (unpaired) electrons. The molecule has 150 valence electrons. The molecule has 9 nitrogen and oxygen atoms in total. The van der Waals surface area contributed by atoms with Crippen molar-refractivity contribution >= 4 is 17.5 Å². The molecule has 5 rings (SSSR count). The van der Waals surface area contributed by atoms with Gasteiger partial charge >= 0.3 is 0 Å². The minimum absolute atomic E-state index is 0.00458. The van der Waals surface area contributed by atoms with E-state index >= 15 is 0 Å². The van der Waals surface area contributed by atoms with Crippen molar-refractivity contribution in [1.82, 2.24) is 29.5 Å². The van der Waals surface area contributed by atoms with E-state index in [1.807, 2.05) is 36.2 Å². The highest BCUT2D eigenvalue weighted by molar-refractivity contribution is 5.94. The van der Waals surface area contributed by atoms with Gasteiger partial charge in [0.25, 0.3) is 5.91 Å². The van der Waals surface area contributed by atoms with Crippen molar-refractivity contribution in [3.8, 4) is 0 Å². The number of fused-ring (bicyclic) bond motifs is 3. The van der Waals surface area contributed by atoms with Crippen LogP contribution in [0.5, 0.6) is 0 Å². The first kappa shape index (κ1) is 18.0. The third-order valence-corrected chi connectivity index (χ3v) is 5.81. The summed E-state index contributed by atoms with van der Waals surface area (Å²) in [6.07, 6.45) is 7.41. The van der Waals surface area contributed by atoms with Crippen LogP contribution in [0.15, 0.2) is 30.9 Å². The lowest BCUT2D eigenvalue weighted by atomic mass is 9.83. The molecule has 0 aliphatic carbocycles. The molecule has 1 spiro atoms. The molecule has 3 aromatic rings. The smallest absolute Gasteiger partial charge is 0.255 e. The van der Waals surface area contributed by atoms with Crippen molar-refractivity contribution in [1.29, 1.82) is 0 Å². The van der Waals surface area contributed by atoms with E-state index in [4.69, 9.17) is 9.72 Å². The van der Waals surface area contributed by atoms with E-state index in [-0.39, 0.29) is 5.91 Å². The van der Waals surface area contributed by atoms with Crippen molar-refractivity contribution in [2.75, 3.05) is 38.7 Å². The fourth-order valence-electron chi connectivity index (χ4n) is 4.19. The number of pyridine rings is 1. The molecule has 2 aliphatic heterocycles. The van der Waals surface area contributed by atoms with Gasteiger partial charge in [-0.25, -0.2) is 19.5 Å². The lowest BCUT2D eigenvalue weighted by Gasteiger charge is -2.44. The maximum atomic E-state index is 13.0. The van der Waals surface area contributed by atoms with Crippen LogP contribution < -0.4 is 4.90 Å². The number of likely N-dealkylation sites (tertiary alicyclic amines) is 1. The molecule has 3 aromatic heterocycles. The van der Waals surface area contributed by atoms with Gasteiger partial charge < -0.3 is 14.5 Å². The van der Waals surface area contributed by atoms with Crippen LogP contribution in [0.4, 0.5) is 5.95 Å². The molecular formula is C20H23N7O2. The Bertz CT molecular complexity index is 1070. The molecule has 0 saturated carbocycles. The number of rotatable bonds is 2. The Labute approximate surface area is 168 Å². The van der Waals surface area contributed by atoms with Crippen molar-refractivity contribution in [3.05, 3.63) is 47.7 Å². The summed E-state index contributed by atoms with van der Waals surface area (Å²) in [5.74, 6) is 0.693. The van der Waals surface area contributed by atoms with Gasteiger partial charge in [0.1, 0.15) is 11.9 Å². The standard InChI is InChI=1S/C20H23N7O2/c1-25(2)19-21-11-14-5-10-29-20(17(14)24-19)6-8-26(9-7-20)18(28)15-3-4-16-22-13-23-27(16)12-15/h3-4,11-13H,5-10H2,1-2H3. The SMILES string of the molecule is CN(C)c1ncc2c(n1)C1(CCN(C(=O)c3ccc4ncnn4c3)CC1)OCC2. The van der Waals surface area contributed by atoms with Gasteiger partial charge in [0.15, 0.2) is 5.65 Å². The average Bonchev–Trinajstić information content (AvgIpc) is 3.22. The molecular weight excluding hydrogens is 370 g/mol. The highest BCUT2D eigenvalue weighted by atomic mass is 16.5. The Kier molecular flexibility index (Phi) is 4.20. The summed E-state index contributed by atoms with van der Waals surface area (Å²) in [6, 6.07) is 3.62. The number of ether oxygens (including phenoxy) is 1. The van der Waals surface area contributed by atoms with Crippen LogP contribution in [0.2, 0.25) is 0 Å². The second-order valence-electron chi connectivity index (χ2n) is 7.80. The molecule has 0 unspecified atom stereocenters. The van der Waals surface area contributed by atoms with Crippen molar-refractivity contribution < 1.29 is 9.53 Å². The van der Waals surface area contributed by atoms with Gasteiger partial charge in [0.2, 0.25) is 5.95 Å². The number of nitrogens with zero attached hydrogens (tertiary/aromatic N) is 7. The number of aromatic nitrogens is 5. The Hall–Kier alpha value is -3.07. The number of carbonyl (C=O) groups is 1. The van der Waals surface area contributed by atoms with Crippen molar-refractivity contribution in [2.45, 2.75) is 24.9 Å². The zero-order valence-electron chi connectivity index (χ0n) is 16.6. The zero-order chi connectivity index (χ0) is 20.0. The minimum atomic E-state index is -0.437. The molecule has 9 heteroatoms. The molecule has 2 aliphatic rings. The van der Waals surface area contributed by atoms with E-state index in [2.05, 4.69) is 15.1 Å². The summed E-state index contributed by atoms with van der Waals surface area (Å²) < 4.78 is 7.90. The number of hydrogen-bond donors (Lipinski definition) is 0. The lowest BCUT2D eigenvalue weighted by Crippen LogP contribution is -2.49. The van der Waals surface area contributed by atoms with Crippen LogP contribution in [0.25, 0.3) is 5.65 Å². The van der Waals surface area contributed by atoms with Crippen LogP contribution in [-0.2, 0) is 16.8 Å². The first-order valence-electron chi connectivity index (χ1n) is 9.82. The number of anilines is 1. The van der Waals surface area contributed by atoms with Gasteiger partial charge in [0, 0.05) is 39.6 Å². The second-order valence-corrected chi connectivity index (χ2v) is 7.80. The summed E-state index contributed by atoms with van der Waals surface area (Å²) in [5.41, 5.74) is 3.04. The molecule has 1 saturated heterocycles. The highest BCUT2D eigenvalue weighted by Gasteiger charge is 2.43. The fourth-order valence-corrected chi connectivity index (χ4v) is 4.19. The summed E-state index contributed by atoms with van der Waals surface area (Å²) in [6.45, 7) is 1.90. The monoisotopic (exact) mass is 393 g/mol. The Morgan fingerprint density at radius 2 is 2.03 bits per heavy atom. The lowest BCUT2D eigenvalue weighted by molar-refractivity contribution is -0.0967. The van der Waals surface area contributed by atoms with E-state index < -0.39 is 5.60 Å². The number of hydrogen-bond acceptors (Lipinski definition) is 7. The van der Waals surface area contributed by atoms with Crippen molar-refractivity contribution in [2.24, 2.45) is 0 Å². The minimum Gasteiger partial charge on any atom is -0.368 e. The van der Waals surface area contributed by atoms with Gasteiger partial charge in [-0.3, -0.25) is 4.79 Å². The van der Waals surface area contributed by atoms with E-state index in [0.717, 1.165) is 36.2 Å². The Morgan fingerprint density at radius 3 is 2.83 bits per heavy atom. The first-order valence-corrected chi connectivity index (χ1v) is 9.82. The molecule has 0 bridgehead atoms. The summed E-state index contributed by atoms with van der Waals surface area (Å²) in [5, 5.41) is 4.12. The fraction of sp³-hybridized carbons (Fsp3) is 0.450. The van der Waals surface area contributed by atoms with E-state index in [9.17, 15) is 4.79 Å². The Morgan fingerprint density at radius 1 is 1.21 bits per heavy atom. The predicted octanol–water partition coefficient (Wildman–Crippen LogP) is 1.29. The normalized spacial score (nSPS) is 18.1. The summed E-state index contributed by atoms with van der Waals surface area (Å²) >= 11 is 0. The maximum Gasteiger partial charge on any atom is 0.255 e. The van der Waals surface area contributed by atoms with Gasteiger partial charge in [0.05, 0.1) is 17.9 Å². The average molecular weight is 393 g/mol. The number of piperidine rings is 1. The molecule has 0 atom stereocenters. The van der Waals surface area contributed by atoms with Gasteiger partial charge in [-0.05, 0) is 37.0 Å². The topological polar surface area (TPSA) is 88.8 Å². The third-order valence-electron chi connectivity index (χ3n) is 5.81. The highest BCUT2D eigenvalue weighted by Crippen LogP contribution is 2.41. The molecule has 29 heavy (non-hydrogen) atoms. The largest absolute Gasteiger partial charge is 0.368 e. The molecule has 1 fully saturated rings. The van der Waals surface area contributed by atoms with E-state index in [0.29, 0.717) is 31.2 Å². The molecule has 0 N–H and O–H groups in total. The summed E-state index contributed by atoms with van der Waals surface area (Å²) in [7, 11) is 3.87. The molecule has 0 aromatic carbocycles. The molecule has 1 amide bonds. The first-order chi connectivity index (χ1) is 14.1. The van der Waals surface area contributed by atoms with Gasteiger partial charge in [-0.15, -0.1) is 0 Å². The summed E-state index contributed by atoms with van der Waals surface area (Å²) in [4.78, 5) is 30.2.